The van der Waals surface area contributed by atoms with Crippen LogP contribution >= 0.6 is 0 Å². The van der Waals surface area contributed by atoms with E-state index in [4.69, 9.17) is 9.84 Å². The molecule has 1 unspecified atom stereocenters. The van der Waals surface area contributed by atoms with Gasteiger partial charge in [0.15, 0.2) is 0 Å². The van der Waals surface area contributed by atoms with Crippen LogP contribution in [0.3, 0.4) is 0 Å². The number of methoxy groups -OCH3 is 1. The van der Waals surface area contributed by atoms with Crippen LogP contribution in [0.5, 0.6) is 0 Å². The van der Waals surface area contributed by atoms with Crippen LogP contribution in [0.2, 0.25) is 0 Å². The summed E-state index contributed by atoms with van der Waals surface area (Å²) in [6.45, 7) is 1.36. The summed E-state index contributed by atoms with van der Waals surface area (Å²) in [5.41, 5.74) is -1.71. The molecule has 0 aliphatic heterocycles. The van der Waals surface area contributed by atoms with Gasteiger partial charge in [-0.25, -0.2) is 8.78 Å². The molecule has 5 nitrogen and oxygen atoms in total. The summed E-state index contributed by atoms with van der Waals surface area (Å²) in [6.07, 6.45) is -0.413. The molecule has 2 N–H and O–H groups in total. The van der Waals surface area contributed by atoms with Crippen LogP contribution in [-0.2, 0) is 9.53 Å². The van der Waals surface area contributed by atoms with Gasteiger partial charge in [-0.3, -0.25) is 9.59 Å². The summed E-state index contributed by atoms with van der Waals surface area (Å²) in [6, 6.07) is 2.46. The third-order valence-corrected chi connectivity index (χ3v) is 2.59. The number of rotatable bonds is 6. The van der Waals surface area contributed by atoms with Gasteiger partial charge in [0.25, 0.3) is 5.91 Å². The molecule has 0 aliphatic rings. The van der Waals surface area contributed by atoms with Crippen molar-refractivity contribution in [3.8, 4) is 0 Å². The summed E-state index contributed by atoms with van der Waals surface area (Å²) < 4.78 is 31.4. The lowest BCUT2D eigenvalue weighted by molar-refractivity contribution is -0.139. The maximum atomic E-state index is 13.5. The van der Waals surface area contributed by atoms with Gasteiger partial charge in [-0.2, -0.15) is 0 Å². The predicted molar refractivity (Wildman–Crippen MR) is 66.4 cm³/mol. The molecule has 0 aliphatic carbocycles. The first-order valence-electron chi connectivity index (χ1n) is 5.76. The topological polar surface area (TPSA) is 75.6 Å². The second-order valence-electron chi connectivity index (χ2n) is 4.64. The standard InChI is InChI=1S/C13H15F2NO4/c1-13(7-20-2,6-11(17)18)16-12(19)9-5-8(14)3-4-10(9)15/h3-5H,6-7H2,1-2H3,(H,16,19)(H,17,18). The zero-order valence-corrected chi connectivity index (χ0v) is 11.1. The lowest BCUT2D eigenvalue weighted by Gasteiger charge is -2.28. The second kappa shape index (κ2) is 6.42. The smallest absolute Gasteiger partial charge is 0.305 e. The van der Waals surface area contributed by atoms with Crippen LogP contribution in [0.4, 0.5) is 8.78 Å². The molecule has 0 heterocycles. The van der Waals surface area contributed by atoms with Crippen LogP contribution < -0.4 is 5.32 Å². The van der Waals surface area contributed by atoms with Gasteiger partial charge in [0.1, 0.15) is 11.6 Å². The van der Waals surface area contributed by atoms with Gasteiger partial charge in [-0.05, 0) is 25.1 Å². The molecule has 1 aromatic carbocycles. The van der Waals surface area contributed by atoms with E-state index in [-0.39, 0.29) is 6.61 Å². The van der Waals surface area contributed by atoms with Crippen LogP contribution in [0.1, 0.15) is 23.7 Å². The van der Waals surface area contributed by atoms with E-state index in [1.54, 1.807) is 0 Å². The first-order valence-corrected chi connectivity index (χ1v) is 5.76. The van der Waals surface area contributed by atoms with Gasteiger partial charge in [0.2, 0.25) is 0 Å². The SMILES string of the molecule is COCC(C)(CC(=O)O)NC(=O)c1cc(F)ccc1F. The maximum absolute atomic E-state index is 13.5. The molecule has 0 radical (unpaired) electrons. The quantitative estimate of drug-likeness (QED) is 0.833. The second-order valence-corrected chi connectivity index (χ2v) is 4.64. The Morgan fingerprint density at radius 3 is 2.60 bits per heavy atom. The minimum absolute atomic E-state index is 0.0814. The molecule has 0 aromatic heterocycles. The third-order valence-electron chi connectivity index (χ3n) is 2.59. The van der Waals surface area contributed by atoms with Crippen LogP contribution in [0, 0.1) is 11.6 Å². The molecule has 0 spiro atoms. The van der Waals surface area contributed by atoms with E-state index in [0.717, 1.165) is 18.2 Å². The Morgan fingerprint density at radius 1 is 1.40 bits per heavy atom. The van der Waals surface area contributed by atoms with Crippen molar-refractivity contribution in [3.05, 3.63) is 35.4 Å². The van der Waals surface area contributed by atoms with E-state index in [1.165, 1.54) is 14.0 Å². The van der Waals surface area contributed by atoms with Crippen molar-refractivity contribution in [1.82, 2.24) is 5.32 Å². The maximum Gasteiger partial charge on any atom is 0.305 e. The fourth-order valence-electron chi connectivity index (χ4n) is 1.80. The van der Waals surface area contributed by atoms with E-state index in [0.29, 0.717) is 0 Å². The highest BCUT2D eigenvalue weighted by Crippen LogP contribution is 2.15. The highest BCUT2D eigenvalue weighted by molar-refractivity contribution is 5.95. The normalized spacial score (nSPS) is 13.6. The van der Waals surface area contributed by atoms with Gasteiger partial charge < -0.3 is 15.2 Å². The lowest BCUT2D eigenvalue weighted by atomic mass is 9.98. The van der Waals surface area contributed by atoms with Crippen molar-refractivity contribution in [2.24, 2.45) is 0 Å². The predicted octanol–water partition coefficient (Wildman–Crippen LogP) is 1.57. The number of aliphatic carboxylic acids is 1. The summed E-state index contributed by atoms with van der Waals surface area (Å²) in [7, 11) is 1.34. The van der Waals surface area contributed by atoms with Crippen LogP contribution in [0.25, 0.3) is 0 Å². The molecule has 110 valence electrons. The molecule has 7 heteroatoms. The molecule has 0 saturated carbocycles. The number of amides is 1. The average molecular weight is 287 g/mol. The van der Waals surface area contributed by atoms with Crippen molar-refractivity contribution < 1.29 is 28.2 Å². The summed E-state index contributed by atoms with van der Waals surface area (Å²) >= 11 is 0. The minimum atomic E-state index is -1.23. The summed E-state index contributed by atoms with van der Waals surface area (Å²) in [5, 5.41) is 11.2. The van der Waals surface area contributed by atoms with Crippen molar-refractivity contribution in [2.75, 3.05) is 13.7 Å². The molecule has 1 rings (SSSR count). The first kappa shape index (κ1) is 16.0. The van der Waals surface area contributed by atoms with E-state index >= 15 is 0 Å². The Kier molecular flexibility index (Phi) is 5.15. The highest BCUT2D eigenvalue weighted by Gasteiger charge is 2.30. The molecule has 1 aromatic rings. The monoisotopic (exact) mass is 287 g/mol. The first-order chi connectivity index (χ1) is 9.27. The van der Waals surface area contributed by atoms with E-state index in [1.807, 2.05) is 0 Å². The largest absolute Gasteiger partial charge is 0.481 e. The number of carbonyl (C=O) groups is 2. The Hall–Kier alpha value is -2.02. The van der Waals surface area contributed by atoms with Crippen molar-refractivity contribution in [3.63, 3.8) is 0 Å². The fourth-order valence-corrected chi connectivity index (χ4v) is 1.80. The van der Waals surface area contributed by atoms with Crippen LogP contribution in [0.15, 0.2) is 18.2 Å². The molecule has 0 saturated heterocycles. The van der Waals surface area contributed by atoms with Crippen molar-refractivity contribution in [2.45, 2.75) is 18.9 Å². The fraction of sp³-hybridized carbons (Fsp3) is 0.385. The summed E-state index contributed by atoms with van der Waals surface area (Å²) in [4.78, 5) is 22.7. The van der Waals surface area contributed by atoms with Gasteiger partial charge >= 0.3 is 5.97 Å². The zero-order chi connectivity index (χ0) is 15.3. The van der Waals surface area contributed by atoms with Crippen LogP contribution in [-0.4, -0.2) is 36.2 Å². The average Bonchev–Trinajstić information content (AvgIpc) is 2.30. The van der Waals surface area contributed by atoms with Crippen molar-refractivity contribution in [1.29, 1.82) is 0 Å². The molecular formula is C13H15F2NO4. The number of carbonyl (C=O) groups excluding carboxylic acids is 1. The molecular weight excluding hydrogens is 272 g/mol. The number of nitrogens with one attached hydrogen (secondary N) is 1. The number of ether oxygens (including phenoxy) is 1. The van der Waals surface area contributed by atoms with E-state index < -0.39 is 41.0 Å². The van der Waals surface area contributed by atoms with Crippen molar-refractivity contribution >= 4 is 11.9 Å². The van der Waals surface area contributed by atoms with Gasteiger partial charge in [-0.15, -0.1) is 0 Å². The number of halogens is 2. The molecule has 1 amide bonds. The number of carboxylic acids is 1. The summed E-state index contributed by atoms with van der Waals surface area (Å²) in [5.74, 6) is -3.70. The number of hydrogen-bond acceptors (Lipinski definition) is 3. The van der Waals surface area contributed by atoms with Gasteiger partial charge in [0.05, 0.1) is 24.1 Å². The molecule has 20 heavy (non-hydrogen) atoms. The number of carboxylic acid groups (broad SMARTS) is 1. The molecule has 1 atom stereocenters. The van der Waals surface area contributed by atoms with Gasteiger partial charge in [-0.1, -0.05) is 0 Å². The Morgan fingerprint density at radius 2 is 2.05 bits per heavy atom. The Balaban J connectivity index is 2.95. The Labute approximate surface area is 114 Å². The number of benzene rings is 1. The van der Waals surface area contributed by atoms with E-state index in [9.17, 15) is 18.4 Å². The molecule has 0 bridgehead atoms. The van der Waals surface area contributed by atoms with E-state index in [2.05, 4.69) is 5.32 Å². The molecule has 0 fully saturated rings. The third kappa shape index (κ3) is 4.27. The minimum Gasteiger partial charge on any atom is -0.481 e. The van der Waals surface area contributed by atoms with Gasteiger partial charge in [0, 0.05) is 7.11 Å². The zero-order valence-electron chi connectivity index (χ0n) is 11.1. The lowest BCUT2D eigenvalue weighted by Crippen LogP contribution is -2.51. The highest BCUT2D eigenvalue weighted by atomic mass is 19.1. The number of hydrogen-bond donors (Lipinski definition) is 2. The Bertz CT molecular complexity index is 521.